The molecule has 0 saturated heterocycles. The van der Waals surface area contributed by atoms with Crippen LogP contribution in [0.2, 0.25) is 0 Å². The first kappa shape index (κ1) is 14.0. The molecule has 0 spiro atoms. The topological polar surface area (TPSA) is 55.1 Å². The molecule has 1 aromatic carbocycles. The Morgan fingerprint density at radius 2 is 1.91 bits per heavy atom. The smallest absolute Gasteiger partial charge is 0.292 e. The highest BCUT2D eigenvalue weighted by molar-refractivity contribution is 6.02. The molecule has 110 valence electrons. The molecule has 2 aromatic heterocycles. The minimum absolute atomic E-state index is 0.169. The second kappa shape index (κ2) is 5.81. The third kappa shape index (κ3) is 3.03. The van der Waals surface area contributed by atoms with Crippen LogP contribution in [0.3, 0.4) is 0 Å². The van der Waals surface area contributed by atoms with Crippen LogP contribution in [-0.2, 0) is 0 Å². The van der Waals surface area contributed by atoms with Crippen LogP contribution in [0.15, 0.2) is 59.1 Å². The van der Waals surface area contributed by atoms with E-state index in [-0.39, 0.29) is 17.5 Å². The molecule has 0 bridgehead atoms. The van der Waals surface area contributed by atoms with Gasteiger partial charge in [0.05, 0.1) is 0 Å². The van der Waals surface area contributed by atoms with Gasteiger partial charge in [0.2, 0.25) is 0 Å². The first-order chi connectivity index (χ1) is 10.6. The lowest BCUT2D eigenvalue weighted by molar-refractivity contribution is 0.0997. The molecule has 0 saturated carbocycles. The van der Waals surface area contributed by atoms with Crippen molar-refractivity contribution in [3.63, 3.8) is 0 Å². The summed E-state index contributed by atoms with van der Waals surface area (Å²) in [5.41, 5.74) is 1.70. The summed E-state index contributed by atoms with van der Waals surface area (Å²) in [4.78, 5) is 16.2. The second-order valence-corrected chi connectivity index (χ2v) is 4.84. The molecule has 0 aliphatic carbocycles. The minimum atomic E-state index is -0.383. The van der Waals surface area contributed by atoms with Crippen molar-refractivity contribution >= 4 is 11.7 Å². The van der Waals surface area contributed by atoms with Crippen molar-refractivity contribution in [2.45, 2.75) is 6.92 Å². The number of carbonyl (C=O) groups is 1. The third-order valence-corrected chi connectivity index (χ3v) is 3.12. The average molecular weight is 296 g/mol. The fourth-order valence-corrected chi connectivity index (χ4v) is 2.01. The van der Waals surface area contributed by atoms with Gasteiger partial charge in [0.1, 0.15) is 17.4 Å². The van der Waals surface area contributed by atoms with Gasteiger partial charge in [-0.3, -0.25) is 4.79 Å². The maximum absolute atomic E-state index is 12.9. The van der Waals surface area contributed by atoms with Crippen molar-refractivity contribution in [1.29, 1.82) is 0 Å². The Kier molecular flexibility index (Phi) is 3.70. The van der Waals surface area contributed by atoms with Crippen LogP contribution in [-0.4, -0.2) is 10.9 Å². The van der Waals surface area contributed by atoms with Crippen molar-refractivity contribution in [2.24, 2.45) is 0 Å². The minimum Gasteiger partial charge on any atom is -0.451 e. The number of amides is 1. The number of hydrogen-bond donors (Lipinski definition) is 1. The van der Waals surface area contributed by atoms with Crippen molar-refractivity contribution in [3.05, 3.63) is 71.9 Å². The van der Waals surface area contributed by atoms with E-state index in [9.17, 15) is 9.18 Å². The van der Waals surface area contributed by atoms with Crippen LogP contribution in [0.1, 0.15) is 16.1 Å². The summed E-state index contributed by atoms with van der Waals surface area (Å²) in [5, 5.41) is 2.67. The van der Waals surface area contributed by atoms with Crippen LogP contribution >= 0.6 is 0 Å². The van der Waals surface area contributed by atoms with Gasteiger partial charge >= 0.3 is 0 Å². The van der Waals surface area contributed by atoms with E-state index in [4.69, 9.17) is 4.42 Å². The lowest BCUT2D eigenvalue weighted by atomic mass is 10.2. The Hall–Kier alpha value is -2.95. The van der Waals surface area contributed by atoms with Gasteiger partial charge in [-0.2, -0.15) is 0 Å². The molecule has 0 fully saturated rings. The first-order valence-electron chi connectivity index (χ1n) is 6.71. The highest BCUT2D eigenvalue weighted by Gasteiger charge is 2.13. The van der Waals surface area contributed by atoms with E-state index >= 15 is 0 Å². The number of nitrogens with zero attached hydrogens (tertiary/aromatic N) is 1. The second-order valence-electron chi connectivity index (χ2n) is 4.84. The maximum atomic E-state index is 12.9. The number of nitrogens with one attached hydrogen (secondary N) is 1. The fourth-order valence-electron chi connectivity index (χ4n) is 2.01. The number of rotatable bonds is 3. The quantitative estimate of drug-likeness (QED) is 0.793. The van der Waals surface area contributed by atoms with Gasteiger partial charge in [0.15, 0.2) is 5.76 Å². The Balaban J connectivity index is 1.78. The monoisotopic (exact) mass is 296 g/mol. The number of halogens is 1. The Labute approximate surface area is 126 Å². The van der Waals surface area contributed by atoms with E-state index < -0.39 is 0 Å². The molecule has 3 rings (SSSR count). The molecule has 0 atom stereocenters. The van der Waals surface area contributed by atoms with Gasteiger partial charge < -0.3 is 9.73 Å². The molecule has 0 radical (unpaired) electrons. The molecule has 2 heterocycles. The van der Waals surface area contributed by atoms with Crippen LogP contribution in [0.25, 0.3) is 11.3 Å². The molecule has 4 nitrogen and oxygen atoms in total. The van der Waals surface area contributed by atoms with E-state index in [0.717, 1.165) is 5.56 Å². The highest BCUT2D eigenvalue weighted by Crippen LogP contribution is 2.23. The molecule has 1 amide bonds. The normalized spacial score (nSPS) is 10.5. The Morgan fingerprint density at radius 1 is 1.14 bits per heavy atom. The summed E-state index contributed by atoms with van der Waals surface area (Å²) in [6, 6.07) is 12.7. The summed E-state index contributed by atoms with van der Waals surface area (Å²) in [6.45, 7) is 1.91. The summed E-state index contributed by atoms with van der Waals surface area (Å²) in [7, 11) is 0. The number of anilines is 1. The van der Waals surface area contributed by atoms with Crippen LogP contribution in [0, 0.1) is 12.7 Å². The van der Waals surface area contributed by atoms with Gasteiger partial charge in [0.25, 0.3) is 5.91 Å². The van der Waals surface area contributed by atoms with E-state index in [1.165, 1.54) is 12.1 Å². The number of carbonyl (C=O) groups excluding carboxylic acids is 1. The number of aromatic nitrogens is 1. The predicted octanol–water partition coefficient (Wildman–Crippen LogP) is 4.04. The van der Waals surface area contributed by atoms with Crippen molar-refractivity contribution < 1.29 is 13.6 Å². The lowest BCUT2D eigenvalue weighted by Crippen LogP contribution is -2.11. The molecular weight excluding hydrogens is 283 g/mol. The molecule has 0 unspecified atom stereocenters. The van der Waals surface area contributed by atoms with Gasteiger partial charge in [0, 0.05) is 11.8 Å². The molecule has 0 aliphatic heterocycles. The van der Waals surface area contributed by atoms with Crippen LogP contribution in [0.5, 0.6) is 0 Å². The zero-order valence-corrected chi connectivity index (χ0v) is 11.8. The Bertz CT molecular complexity index is 810. The zero-order chi connectivity index (χ0) is 15.5. The molecule has 5 heteroatoms. The zero-order valence-electron chi connectivity index (χ0n) is 11.8. The number of aryl methyl sites for hydroxylation is 1. The van der Waals surface area contributed by atoms with E-state index in [1.807, 2.05) is 13.0 Å². The summed E-state index contributed by atoms with van der Waals surface area (Å²) in [6.07, 6.45) is 1.62. The maximum Gasteiger partial charge on any atom is 0.292 e. The molecule has 3 aromatic rings. The lowest BCUT2D eigenvalue weighted by Gasteiger charge is -2.02. The summed E-state index contributed by atoms with van der Waals surface area (Å²) in [5.74, 6) is 0.431. The first-order valence-corrected chi connectivity index (χ1v) is 6.71. The van der Waals surface area contributed by atoms with Crippen molar-refractivity contribution in [1.82, 2.24) is 4.98 Å². The number of furan rings is 1. The number of hydrogen-bond acceptors (Lipinski definition) is 3. The van der Waals surface area contributed by atoms with Gasteiger partial charge in [-0.25, -0.2) is 9.37 Å². The number of benzene rings is 1. The highest BCUT2D eigenvalue weighted by atomic mass is 19.1. The van der Waals surface area contributed by atoms with E-state index in [1.54, 1.807) is 36.5 Å². The standard InChI is InChI=1S/C17H13FN2O2/c1-11-8-9-19-16(10-11)20-17(21)15-7-6-14(22-15)12-2-4-13(18)5-3-12/h2-10H,1H3,(H,19,20,21). The fraction of sp³-hybridized carbons (Fsp3) is 0.0588. The van der Waals surface area contributed by atoms with Crippen LogP contribution in [0.4, 0.5) is 10.2 Å². The van der Waals surface area contributed by atoms with Gasteiger partial charge in [-0.15, -0.1) is 0 Å². The summed E-state index contributed by atoms with van der Waals surface area (Å²) < 4.78 is 18.4. The van der Waals surface area contributed by atoms with Crippen LogP contribution < -0.4 is 5.32 Å². The van der Waals surface area contributed by atoms with Crippen molar-refractivity contribution in [3.8, 4) is 11.3 Å². The van der Waals surface area contributed by atoms with Crippen molar-refractivity contribution in [2.75, 3.05) is 5.32 Å². The largest absolute Gasteiger partial charge is 0.451 e. The van der Waals surface area contributed by atoms with Gasteiger partial charge in [-0.1, -0.05) is 0 Å². The average Bonchev–Trinajstić information content (AvgIpc) is 2.98. The third-order valence-electron chi connectivity index (χ3n) is 3.12. The molecular formula is C17H13FN2O2. The summed E-state index contributed by atoms with van der Waals surface area (Å²) >= 11 is 0. The molecule has 22 heavy (non-hydrogen) atoms. The van der Waals surface area contributed by atoms with Gasteiger partial charge in [-0.05, 0) is 61.0 Å². The predicted molar refractivity (Wildman–Crippen MR) is 81.0 cm³/mol. The molecule has 1 N–H and O–H groups in total. The van der Waals surface area contributed by atoms with E-state index in [0.29, 0.717) is 17.1 Å². The van der Waals surface area contributed by atoms with E-state index in [2.05, 4.69) is 10.3 Å². The molecule has 0 aliphatic rings. The SMILES string of the molecule is Cc1ccnc(NC(=O)c2ccc(-c3ccc(F)cc3)o2)c1. The number of pyridine rings is 1. The Morgan fingerprint density at radius 3 is 2.64 bits per heavy atom.